The molecule has 0 aromatic rings. The van der Waals surface area contributed by atoms with E-state index in [4.69, 9.17) is 9.68 Å². The Morgan fingerprint density at radius 2 is 0.889 bits per heavy atom. The summed E-state index contributed by atoms with van der Waals surface area (Å²) in [5.41, 5.74) is -1.01. The van der Waals surface area contributed by atoms with Crippen LogP contribution in [0.1, 0.15) is 100 Å². The summed E-state index contributed by atoms with van der Waals surface area (Å²) in [6.45, 7) is 16.5. The third-order valence-corrected chi connectivity index (χ3v) is 6.03. The Balaban J connectivity index is 2.00. The zero-order chi connectivity index (χ0) is 20.7. The summed E-state index contributed by atoms with van der Waals surface area (Å²) in [4.78, 5) is 36.3. The fourth-order valence-electron chi connectivity index (χ4n) is 4.83. The molecule has 0 saturated carbocycles. The van der Waals surface area contributed by atoms with Crippen molar-refractivity contribution in [1.29, 1.82) is 0 Å². The summed E-state index contributed by atoms with van der Waals surface area (Å²) < 4.78 is 0. The summed E-state index contributed by atoms with van der Waals surface area (Å²) in [6, 6.07) is 0. The summed E-state index contributed by atoms with van der Waals surface area (Å²) in [5, 5.41) is 3.54. The Kier molecular flexibility index (Phi) is 6.04. The van der Waals surface area contributed by atoms with Crippen LogP contribution in [0.4, 0.5) is 0 Å². The predicted octanol–water partition coefficient (Wildman–Crippen LogP) is 4.38. The van der Waals surface area contributed by atoms with E-state index in [-0.39, 0.29) is 28.6 Å². The van der Waals surface area contributed by atoms with E-state index in [2.05, 4.69) is 55.4 Å². The van der Waals surface area contributed by atoms with Crippen LogP contribution in [-0.4, -0.2) is 44.2 Å². The fraction of sp³-hybridized carbons (Fsp3) is 0.905. The predicted molar refractivity (Wildman–Crippen MR) is 104 cm³/mol. The van der Waals surface area contributed by atoms with E-state index in [1.807, 2.05) is 0 Å². The van der Waals surface area contributed by atoms with Gasteiger partial charge in [-0.15, -0.1) is 10.1 Å². The molecule has 27 heavy (non-hydrogen) atoms. The van der Waals surface area contributed by atoms with Gasteiger partial charge in [-0.3, -0.25) is 0 Å². The lowest BCUT2D eigenvalue weighted by atomic mass is 9.82. The number of hydrogen-bond donors (Lipinski definition) is 0. The van der Waals surface area contributed by atoms with Crippen molar-refractivity contribution >= 4 is 11.9 Å². The normalized spacial score (nSPS) is 27.0. The highest BCUT2D eigenvalue weighted by atomic mass is 16.7. The standard InChI is InChI=1S/C21H38N2O4/c1-18(2)11-9-12-19(3,4)22(18)26-16(24)15-17(25)27-23-20(5,6)13-10-14-21(23,7)8/h9-15H2,1-8H3. The topological polar surface area (TPSA) is 59.1 Å². The molecule has 0 unspecified atom stereocenters. The molecule has 156 valence electrons. The summed E-state index contributed by atoms with van der Waals surface area (Å²) >= 11 is 0. The zero-order valence-electron chi connectivity index (χ0n) is 18.5. The van der Waals surface area contributed by atoms with Crippen LogP contribution in [0.2, 0.25) is 0 Å². The van der Waals surface area contributed by atoms with Gasteiger partial charge in [0.1, 0.15) is 6.42 Å². The molecule has 2 aliphatic heterocycles. The van der Waals surface area contributed by atoms with Gasteiger partial charge in [-0.2, -0.15) is 0 Å². The van der Waals surface area contributed by atoms with Crippen molar-refractivity contribution in [3.63, 3.8) is 0 Å². The Morgan fingerprint density at radius 1 is 0.630 bits per heavy atom. The van der Waals surface area contributed by atoms with Gasteiger partial charge in [-0.25, -0.2) is 9.59 Å². The van der Waals surface area contributed by atoms with Gasteiger partial charge in [0.05, 0.1) is 22.2 Å². The zero-order valence-corrected chi connectivity index (χ0v) is 18.5. The van der Waals surface area contributed by atoms with Crippen molar-refractivity contribution in [2.75, 3.05) is 0 Å². The number of nitrogens with zero attached hydrogens (tertiary/aromatic N) is 2. The smallest absolute Gasteiger partial charge is 0.336 e. The third-order valence-electron chi connectivity index (χ3n) is 6.03. The molecule has 0 N–H and O–H groups in total. The van der Waals surface area contributed by atoms with E-state index in [9.17, 15) is 9.59 Å². The van der Waals surface area contributed by atoms with Gasteiger partial charge < -0.3 is 9.68 Å². The van der Waals surface area contributed by atoms with Crippen LogP contribution in [0.3, 0.4) is 0 Å². The van der Waals surface area contributed by atoms with Crippen LogP contribution in [0.15, 0.2) is 0 Å². The first kappa shape index (κ1) is 22.2. The number of rotatable bonds is 4. The van der Waals surface area contributed by atoms with Crippen LogP contribution in [0.25, 0.3) is 0 Å². The van der Waals surface area contributed by atoms with E-state index < -0.39 is 11.9 Å². The summed E-state index contributed by atoms with van der Waals surface area (Å²) in [7, 11) is 0. The second-order valence-electron chi connectivity index (χ2n) is 10.6. The van der Waals surface area contributed by atoms with Crippen molar-refractivity contribution in [1.82, 2.24) is 10.1 Å². The molecule has 2 saturated heterocycles. The molecular weight excluding hydrogens is 344 g/mol. The van der Waals surface area contributed by atoms with E-state index >= 15 is 0 Å². The molecule has 0 aliphatic carbocycles. The van der Waals surface area contributed by atoms with Crippen LogP contribution >= 0.6 is 0 Å². The monoisotopic (exact) mass is 382 g/mol. The lowest BCUT2D eigenvalue weighted by Gasteiger charge is -2.50. The number of piperidine rings is 2. The molecular formula is C21H38N2O4. The Bertz CT molecular complexity index is 499. The highest BCUT2D eigenvalue weighted by Gasteiger charge is 2.46. The number of carbonyl (C=O) groups is 2. The molecule has 2 aliphatic rings. The summed E-state index contributed by atoms with van der Waals surface area (Å²) in [5.74, 6) is -1.12. The molecule has 0 amide bonds. The van der Waals surface area contributed by atoms with E-state index in [1.54, 1.807) is 10.1 Å². The first-order chi connectivity index (χ1) is 12.2. The summed E-state index contributed by atoms with van der Waals surface area (Å²) in [6.07, 6.45) is 5.60. The molecule has 6 nitrogen and oxygen atoms in total. The SMILES string of the molecule is CC1(C)CCCC(C)(C)N1OC(=O)CC(=O)ON1C(C)(C)CCCC1(C)C. The Hall–Kier alpha value is -1.14. The minimum Gasteiger partial charge on any atom is -0.366 e. The molecule has 6 heteroatoms. The number of hydroxylamine groups is 4. The maximum Gasteiger partial charge on any atom is 0.336 e. The van der Waals surface area contributed by atoms with Crippen molar-refractivity contribution in [2.24, 2.45) is 0 Å². The van der Waals surface area contributed by atoms with Crippen LogP contribution in [-0.2, 0) is 19.3 Å². The van der Waals surface area contributed by atoms with Crippen LogP contribution in [0, 0.1) is 0 Å². The van der Waals surface area contributed by atoms with Gasteiger partial charge in [-0.1, -0.05) is 0 Å². The first-order valence-corrected chi connectivity index (χ1v) is 10.2. The molecule has 2 fully saturated rings. The average molecular weight is 383 g/mol. The minimum absolute atomic E-state index is 0.252. The second kappa shape index (κ2) is 7.36. The lowest BCUT2D eigenvalue weighted by molar-refractivity contribution is -0.274. The molecule has 2 heterocycles. The van der Waals surface area contributed by atoms with Crippen molar-refractivity contribution in [3.8, 4) is 0 Å². The van der Waals surface area contributed by atoms with E-state index in [1.165, 1.54) is 0 Å². The molecule has 0 spiro atoms. The Labute approximate surface area is 164 Å². The highest BCUT2D eigenvalue weighted by molar-refractivity contribution is 5.91. The number of hydrogen-bond acceptors (Lipinski definition) is 6. The maximum absolute atomic E-state index is 12.5. The van der Waals surface area contributed by atoms with Crippen LogP contribution in [0.5, 0.6) is 0 Å². The van der Waals surface area contributed by atoms with Crippen molar-refractivity contribution in [2.45, 2.75) is 122 Å². The van der Waals surface area contributed by atoms with Gasteiger partial charge in [-0.05, 0) is 93.9 Å². The van der Waals surface area contributed by atoms with Gasteiger partial charge >= 0.3 is 11.9 Å². The molecule has 0 aromatic carbocycles. The largest absolute Gasteiger partial charge is 0.366 e. The molecule has 2 rings (SSSR count). The van der Waals surface area contributed by atoms with Gasteiger partial charge in [0, 0.05) is 0 Å². The first-order valence-electron chi connectivity index (χ1n) is 10.2. The van der Waals surface area contributed by atoms with Crippen LogP contribution < -0.4 is 0 Å². The average Bonchev–Trinajstić information content (AvgIpc) is 2.46. The highest BCUT2D eigenvalue weighted by Crippen LogP contribution is 2.39. The molecule has 0 bridgehead atoms. The molecule has 0 aromatic heterocycles. The lowest BCUT2D eigenvalue weighted by Crippen LogP contribution is -2.59. The molecule has 0 radical (unpaired) electrons. The Morgan fingerprint density at radius 3 is 1.15 bits per heavy atom. The second-order valence-corrected chi connectivity index (χ2v) is 10.6. The molecule has 0 atom stereocenters. The van der Waals surface area contributed by atoms with E-state index in [0.717, 1.165) is 38.5 Å². The van der Waals surface area contributed by atoms with Gasteiger partial charge in [0.15, 0.2) is 0 Å². The minimum atomic E-state index is -0.560. The van der Waals surface area contributed by atoms with Crippen molar-refractivity contribution < 1.29 is 19.3 Å². The third kappa shape index (κ3) is 5.02. The van der Waals surface area contributed by atoms with Crippen molar-refractivity contribution in [3.05, 3.63) is 0 Å². The number of carbonyl (C=O) groups excluding carboxylic acids is 2. The van der Waals surface area contributed by atoms with E-state index in [0.29, 0.717) is 0 Å². The quantitative estimate of drug-likeness (QED) is 0.673. The van der Waals surface area contributed by atoms with Gasteiger partial charge in [0.2, 0.25) is 0 Å². The fourth-order valence-corrected chi connectivity index (χ4v) is 4.83. The van der Waals surface area contributed by atoms with Gasteiger partial charge in [0.25, 0.3) is 0 Å². The maximum atomic E-state index is 12.5.